The van der Waals surface area contributed by atoms with Crippen molar-refractivity contribution < 1.29 is 9.18 Å². The molecule has 0 fully saturated rings. The van der Waals surface area contributed by atoms with Crippen molar-refractivity contribution in [2.24, 2.45) is 5.73 Å². The number of aromatic nitrogens is 2. The van der Waals surface area contributed by atoms with Gasteiger partial charge in [-0.05, 0) is 43.3 Å². The minimum Gasteiger partial charge on any atom is -0.366 e. The van der Waals surface area contributed by atoms with Crippen LogP contribution in [0.3, 0.4) is 0 Å². The fraction of sp³-hybridized carbons (Fsp3) is 0.0909. The zero-order valence-corrected chi connectivity index (χ0v) is 17.6. The van der Waals surface area contributed by atoms with E-state index < -0.39 is 5.91 Å². The van der Waals surface area contributed by atoms with E-state index in [1.807, 2.05) is 22.1 Å². The summed E-state index contributed by atoms with van der Waals surface area (Å²) >= 11 is 7.35. The van der Waals surface area contributed by atoms with Crippen molar-refractivity contribution in [3.8, 4) is 11.4 Å². The monoisotopic (exact) mass is 440 g/mol. The van der Waals surface area contributed by atoms with Gasteiger partial charge in [0.2, 0.25) is 0 Å². The second-order valence-corrected chi connectivity index (χ2v) is 8.03. The van der Waals surface area contributed by atoms with Gasteiger partial charge in [0.15, 0.2) is 5.13 Å². The minimum atomic E-state index is -0.532. The smallest absolute Gasteiger partial charge is 0.250 e. The van der Waals surface area contributed by atoms with Gasteiger partial charge in [0.05, 0.1) is 23.5 Å². The van der Waals surface area contributed by atoms with Crippen LogP contribution in [0.25, 0.3) is 11.4 Å². The molecule has 5 nitrogen and oxygen atoms in total. The molecule has 0 unspecified atom stereocenters. The fourth-order valence-corrected chi connectivity index (χ4v) is 4.06. The number of halogens is 2. The van der Waals surface area contributed by atoms with E-state index in [4.69, 9.17) is 17.3 Å². The van der Waals surface area contributed by atoms with Crippen molar-refractivity contribution in [3.63, 3.8) is 0 Å². The van der Waals surface area contributed by atoms with Gasteiger partial charge in [-0.3, -0.25) is 4.79 Å². The predicted octanol–water partition coefficient (Wildman–Crippen LogP) is 5.60. The number of nitrogens with zero attached hydrogens (tertiary/aromatic N) is 2. The predicted molar refractivity (Wildman–Crippen MR) is 119 cm³/mol. The Kier molecular flexibility index (Phi) is 5.57. The largest absolute Gasteiger partial charge is 0.366 e. The van der Waals surface area contributed by atoms with Crippen LogP contribution >= 0.6 is 22.9 Å². The number of primary amides is 1. The first-order valence-corrected chi connectivity index (χ1v) is 10.4. The molecular formula is C22H18ClFN4OS. The first kappa shape index (κ1) is 20.1. The summed E-state index contributed by atoms with van der Waals surface area (Å²) in [4.78, 5) is 16.6. The molecule has 8 heteroatoms. The maximum absolute atomic E-state index is 14.2. The van der Waals surface area contributed by atoms with E-state index in [1.165, 1.54) is 17.4 Å². The lowest BCUT2D eigenvalue weighted by Crippen LogP contribution is -2.13. The second-order valence-electron chi connectivity index (χ2n) is 6.74. The van der Waals surface area contributed by atoms with Crippen molar-refractivity contribution in [1.82, 2.24) is 9.55 Å². The van der Waals surface area contributed by atoms with E-state index in [-0.39, 0.29) is 12.4 Å². The van der Waals surface area contributed by atoms with Crippen molar-refractivity contribution in [3.05, 3.63) is 87.6 Å². The van der Waals surface area contributed by atoms with Gasteiger partial charge in [-0.25, -0.2) is 9.37 Å². The highest BCUT2D eigenvalue weighted by atomic mass is 35.5. The molecule has 4 aromatic rings. The van der Waals surface area contributed by atoms with Crippen LogP contribution in [0.1, 0.15) is 21.6 Å². The Morgan fingerprint density at radius 3 is 2.67 bits per heavy atom. The molecule has 0 saturated heterocycles. The van der Waals surface area contributed by atoms with Gasteiger partial charge in [-0.1, -0.05) is 29.8 Å². The molecule has 1 amide bonds. The number of nitrogens with two attached hydrogens (primary N) is 1. The molecule has 0 aliphatic rings. The Hall–Kier alpha value is -3.16. The third kappa shape index (κ3) is 4.08. The SMILES string of the molecule is Cc1c(C(N)=O)cc(-c2csc(Nc3ccc(Cl)cc3)n2)n1Cc1ccccc1F. The molecular weight excluding hydrogens is 423 g/mol. The Bertz CT molecular complexity index is 1220. The Morgan fingerprint density at radius 1 is 1.23 bits per heavy atom. The summed E-state index contributed by atoms with van der Waals surface area (Å²) in [6, 6.07) is 15.6. The molecule has 0 atom stereocenters. The summed E-state index contributed by atoms with van der Waals surface area (Å²) in [6.45, 7) is 2.06. The van der Waals surface area contributed by atoms with E-state index in [1.54, 1.807) is 43.3 Å². The quantitative estimate of drug-likeness (QED) is 0.409. The number of amides is 1. The van der Waals surface area contributed by atoms with E-state index in [9.17, 15) is 9.18 Å². The van der Waals surface area contributed by atoms with Crippen molar-refractivity contribution in [2.45, 2.75) is 13.5 Å². The van der Waals surface area contributed by atoms with E-state index in [0.717, 1.165) is 5.69 Å². The number of hydrogen-bond acceptors (Lipinski definition) is 4. The number of carbonyl (C=O) groups excluding carboxylic acids is 1. The molecule has 2 aromatic heterocycles. The number of hydrogen-bond donors (Lipinski definition) is 2. The van der Waals surface area contributed by atoms with Gasteiger partial charge in [0.25, 0.3) is 5.91 Å². The summed E-state index contributed by atoms with van der Waals surface area (Å²) in [6.07, 6.45) is 0. The second kappa shape index (κ2) is 8.30. The molecule has 0 bridgehead atoms. The highest BCUT2D eigenvalue weighted by Gasteiger charge is 2.19. The molecule has 4 rings (SSSR count). The lowest BCUT2D eigenvalue weighted by molar-refractivity contribution is 0.0999. The number of thiazole rings is 1. The number of nitrogens with one attached hydrogen (secondary N) is 1. The Balaban J connectivity index is 1.70. The minimum absolute atomic E-state index is 0.262. The van der Waals surface area contributed by atoms with Crippen LogP contribution in [0.15, 0.2) is 60.0 Å². The molecule has 2 heterocycles. The van der Waals surface area contributed by atoms with Crippen LogP contribution in [0, 0.1) is 12.7 Å². The normalized spacial score (nSPS) is 10.9. The molecule has 0 saturated carbocycles. The number of carbonyl (C=O) groups is 1. The van der Waals surface area contributed by atoms with Gasteiger partial charge < -0.3 is 15.6 Å². The number of benzene rings is 2. The first-order valence-electron chi connectivity index (χ1n) is 9.14. The van der Waals surface area contributed by atoms with E-state index in [2.05, 4.69) is 10.3 Å². The first-order chi connectivity index (χ1) is 14.4. The van der Waals surface area contributed by atoms with Crippen molar-refractivity contribution in [1.29, 1.82) is 0 Å². The molecule has 0 aliphatic carbocycles. The number of rotatable bonds is 6. The molecule has 2 aromatic carbocycles. The zero-order chi connectivity index (χ0) is 21.3. The maximum Gasteiger partial charge on any atom is 0.250 e. The van der Waals surface area contributed by atoms with Crippen LogP contribution in [-0.2, 0) is 6.54 Å². The summed E-state index contributed by atoms with van der Waals surface area (Å²) in [5, 5.41) is 6.45. The number of anilines is 2. The summed E-state index contributed by atoms with van der Waals surface area (Å²) in [5.41, 5.74) is 9.35. The molecule has 0 aliphatic heterocycles. The van der Waals surface area contributed by atoms with Gasteiger partial charge in [-0.2, -0.15) is 0 Å². The molecule has 0 radical (unpaired) electrons. The van der Waals surface area contributed by atoms with Gasteiger partial charge in [0, 0.05) is 27.3 Å². The highest BCUT2D eigenvalue weighted by Crippen LogP contribution is 2.31. The van der Waals surface area contributed by atoms with E-state index in [0.29, 0.717) is 38.4 Å². The van der Waals surface area contributed by atoms with Gasteiger partial charge in [0.1, 0.15) is 5.82 Å². The van der Waals surface area contributed by atoms with Crippen LogP contribution in [0.2, 0.25) is 5.02 Å². The standard InChI is InChI=1S/C22H18ClFN4OS/c1-13-17(21(25)29)10-20(28(13)11-14-4-2-3-5-18(14)24)19-12-30-22(27-19)26-16-8-6-15(23)7-9-16/h2-10,12H,11H2,1H3,(H2,25,29)(H,26,27). The Labute approximate surface area is 181 Å². The third-order valence-corrected chi connectivity index (χ3v) is 5.79. The maximum atomic E-state index is 14.2. The molecule has 3 N–H and O–H groups in total. The summed E-state index contributed by atoms with van der Waals surface area (Å²) in [5.74, 6) is -0.837. The van der Waals surface area contributed by atoms with Crippen LogP contribution < -0.4 is 11.1 Å². The lowest BCUT2D eigenvalue weighted by atomic mass is 10.2. The van der Waals surface area contributed by atoms with Crippen LogP contribution in [0.5, 0.6) is 0 Å². The Morgan fingerprint density at radius 2 is 1.97 bits per heavy atom. The topological polar surface area (TPSA) is 72.9 Å². The summed E-state index contributed by atoms with van der Waals surface area (Å²) < 4.78 is 16.1. The van der Waals surface area contributed by atoms with Gasteiger partial charge in [-0.15, -0.1) is 11.3 Å². The van der Waals surface area contributed by atoms with Crippen molar-refractivity contribution >= 4 is 39.7 Å². The summed E-state index contributed by atoms with van der Waals surface area (Å²) in [7, 11) is 0. The highest BCUT2D eigenvalue weighted by molar-refractivity contribution is 7.14. The zero-order valence-electron chi connectivity index (χ0n) is 16.0. The third-order valence-electron chi connectivity index (χ3n) is 4.78. The fourth-order valence-electron chi connectivity index (χ4n) is 3.21. The van der Waals surface area contributed by atoms with E-state index >= 15 is 0 Å². The average Bonchev–Trinajstić information content (AvgIpc) is 3.30. The van der Waals surface area contributed by atoms with Crippen molar-refractivity contribution in [2.75, 3.05) is 5.32 Å². The van der Waals surface area contributed by atoms with Crippen LogP contribution in [0.4, 0.5) is 15.2 Å². The molecule has 152 valence electrons. The molecule has 30 heavy (non-hydrogen) atoms. The van der Waals surface area contributed by atoms with Crippen LogP contribution in [-0.4, -0.2) is 15.5 Å². The average molecular weight is 441 g/mol. The lowest BCUT2D eigenvalue weighted by Gasteiger charge is -2.11. The molecule has 0 spiro atoms. The van der Waals surface area contributed by atoms with Gasteiger partial charge >= 0.3 is 0 Å².